The molecule has 0 bridgehead atoms. The number of hydrogen-bond acceptors (Lipinski definition) is 4. The maximum atomic E-state index is 10.8. The molecule has 0 radical (unpaired) electrons. The molecule has 0 unspecified atom stereocenters. The molecule has 2 aromatic heterocycles. The third-order valence-corrected chi connectivity index (χ3v) is 2.40. The molecule has 2 heterocycles. The molecule has 5 heteroatoms. The molecular weight excluding hydrogens is 220 g/mol. The second kappa shape index (κ2) is 3.79. The van der Waals surface area contributed by atoms with Crippen LogP contribution in [0.4, 0.5) is 0 Å². The first-order valence-electron chi connectivity index (χ1n) is 5.03. The Kier molecular flexibility index (Phi) is 2.15. The number of hydrogen-bond donors (Lipinski definition) is 1. The van der Waals surface area contributed by atoms with E-state index in [1.165, 1.54) is 0 Å². The van der Waals surface area contributed by atoms with Gasteiger partial charge in [-0.1, -0.05) is 29.4 Å². The maximum Gasteiger partial charge on any atom is 0.439 e. The van der Waals surface area contributed by atoms with Gasteiger partial charge in [0.05, 0.1) is 6.26 Å². The predicted octanol–water partition coefficient (Wildman–Crippen LogP) is 2.29. The lowest BCUT2D eigenvalue weighted by Gasteiger charge is -1.98. The van der Waals surface area contributed by atoms with E-state index in [9.17, 15) is 4.79 Å². The molecule has 84 valence electrons. The molecule has 0 atom stereocenters. The van der Waals surface area contributed by atoms with Crippen LogP contribution in [0.15, 0.2) is 56.4 Å². The monoisotopic (exact) mass is 228 g/mol. The zero-order valence-electron chi connectivity index (χ0n) is 8.71. The second-order valence-electron chi connectivity index (χ2n) is 3.50. The Labute approximate surface area is 95.7 Å². The Bertz CT molecular complexity index is 662. The summed E-state index contributed by atoms with van der Waals surface area (Å²) in [5.41, 5.74) is 1.75. The lowest BCUT2D eigenvalue weighted by Crippen LogP contribution is -1.94. The summed E-state index contributed by atoms with van der Waals surface area (Å²) in [7, 11) is 0. The molecule has 5 nitrogen and oxygen atoms in total. The number of aromatic amines is 1. The van der Waals surface area contributed by atoms with Gasteiger partial charge in [0.25, 0.3) is 0 Å². The van der Waals surface area contributed by atoms with Crippen molar-refractivity contribution < 1.29 is 8.94 Å². The van der Waals surface area contributed by atoms with Crippen LogP contribution in [-0.4, -0.2) is 10.1 Å². The van der Waals surface area contributed by atoms with Gasteiger partial charge in [-0.15, -0.1) is 0 Å². The van der Waals surface area contributed by atoms with E-state index in [0.717, 1.165) is 16.9 Å². The van der Waals surface area contributed by atoms with Crippen LogP contribution in [-0.2, 0) is 0 Å². The molecule has 0 amide bonds. The summed E-state index contributed by atoms with van der Waals surface area (Å²) in [6.45, 7) is 0. The van der Waals surface area contributed by atoms with Crippen LogP contribution in [0.5, 0.6) is 0 Å². The van der Waals surface area contributed by atoms with Crippen LogP contribution >= 0.6 is 0 Å². The molecule has 1 aromatic carbocycles. The van der Waals surface area contributed by atoms with Crippen LogP contribution in [0.3, 0.4) is 0 Å². The van der Waals surface area contributed by atoms with Crippen molar-refractivity contribution in [3.05, 3.63) is 53.2 Å². The molecule has 0 saturated heterocycles. The van der Waals surface area contributed by atoms with E-state index in [-0.39, 0.29) is 0 Å². The summed E-state index contributed by atoms with van der Waals surface area (Å²) in [6.07, 6.45) is 1.62. The summed E-state index contributed by atoms with van der Waals surface area (Å²) in [6, 6.07) is 11.2. The molecule has 0 saturated carbocycles. The minimum absolute atomic E-state index is 0.418. The van der Waals surface area contributed by atoms with E-state index >= 15 is 0 Å². The van der Waals surface area contributed by atoms with E-state index in [0.29, 0.717) is 5.82 Å². The van der Waals surface area contributed by atoms with Crippen LogP contribution in [0.2, 0.25) is 0 Å². The summed E-state index contributed by atoms with van der Waals surface area (Å²) in [4.78, 5) is 13.3. The SMILES string of the molecule is O=c1[nH]c(-c2ccc(-c3ccco3)cc2)no1. The highest BCUT2D eigenvalue weighted by molar-refractivity contribution is 5.63. The molecule has 3 rings (SSSR count). The van der Waals surface area contributed by atoms with Gasteiger partial charge in [0.1, 0.15) is 5.76 Å². The van der Waals surface area contributed by atoms with E-state index in [1.807, 2.05) is 36.4 Å². The summed E-state index contributed by atoms with van der Waals surface area (Å²) < 4.78 is 9.72. The molecule has 0 aliphatic rings. The first kappa shape index (κ1) is 9.65. The molecule has 0 fully saturated rings. The smallest absolute Gasteiger partial charge is 0.439 e. The fourth-order valence-electron chi connectivity index (χ4n) is 1.59. The van der Waals surface area contributed by atoms with Gasteiger partial charge in [0.2, 0.25) is 0 Å². The van der Waals surface area contributed by atoms with Gasteiger partial charge in [-0.2, -0.15) is 0 Å². The highest BCUT2D eigenvalue weighted by atomic mass is 16.5. The standard InChI is InChI=1S/C12H8N2O3/c15-12-13-11(14-17-12)9-5-3-8(4-6-9)10-2-1-7-16-10/h1-7H,(H,13,14,15). The highest BCUT2D eigenvalue weighted by Crippen LogP contribution is 2.22. The number of furan rings is 1. The number of nitrogens with one attached hydrogen (secondary N) is 1. The van der Waals surface area contributed by atoms with Crippen molar-refractivity contribution in [3.63, 3.8) is 0 Å². The third-order valence-electron chi connectivity index (χ3n) is 2.40. The number of H-pyrrole nitrogens is 1. The Hall–Kier alpha value is -2.56. The Morgan fingerprint density at radius 1 is 1.06 bits per heavy atom. The normalized spacial score (nSPS) is 10.6. The van der Waals surface area contributed by atoms with Gasteiger partial charge in [-0.3, -0.25) is 9.51 Å². The molecule has 0 aliphatic carbocycles. The Morgan fingerprint density at radius 2 is 1.82 bits per heavy atom. The summed E-state index contributed by atoms with van der Waals surface area (Å²) in [5.74, 6) is 0.654. The van der Waals surface area contributed by atoms with Crippen molar-refractivity contribution in [1.82, 2.24) is 10.1 Å². The summed E-state index contributed by atoms with van der Waals surface area (Å²) >= 11 is 0. The van der Waals surface area contributed by atoms with E-state index in [4.69, 9.17) is 4.42 Å². The van der Waals surface area contributed by atoms with E-state index < -0.39 is 5.76 Å². The molecule has 3 aromatic rings. The lowest BCUT2D eigenvalue weighted by atomic mass is 10.1. The van der Waals surface area contributed by atoms with Crippen LogP contribution in [0, 0.1) is 0 Å². The zero-order valence-corrected chi connectivity index (χ0v) is 8.71. The van der Waals surface area contributed by atoms with Gasteiger partial charge in [0.15, 0.2) is 5.82 Å². The van der Waals surface area contributed by atoms with Crippen molar-refractivity contribution >= 4 is 0 Å². The van der Waals surface area contributed by atoms with Crippen LogP contribution in [0.25, 0.3) is 22.7 Å². The van der Waals surface area contributed by atoms with Gasteiger partial charge < -0.3 is 4.42 Å². The van der Waals surface area contributed by atoms with Gasteiger partial charge in [0, 0.05) is 11.1 Å². The summed E-state index contributed by atoms with van der Waals surface area (Å²) in [5, 5.41) is 3.61. The van der Waals surface area contributed by atoms with Crippen LogP contribution in [0.1, 0.15) is 0 Å². The van der Waals surface area contributed by atoms with Crippen molar-refractivity contribution in [2.75, 3.05) is 0 Å². The first-order chi connectivity index (χ1) is 8.33. The molecule has 0 spiro atoms. The maximum absolute atomic E-state index is 10.8. The van der Waals surface area contributed by atoms with Crippen molar-refractivity contribution in [3.8, 4) is 22.7 Å². The number of rotatable bonds is 2. The van der Waals surface area contributed by atoms with Gasteiger partial charge in [-0.05, 0) is 12.1 Å². The molecule has 1 N–H and O–H groups in total. The van der Waals surface area contributed by atoms with Crippen molar-refractivity contribution in [2.24, 2.45) is 0 Å². The van der Waals surface area contributed by atoms with E-state index in [2.05, 4.69) is 14.7 Å². The highest BCUT2D eigenvalue weighted by Gasteiger charge is 2.05. The molecular formula is C12H8N2O3. The zero-order chi connectivity index (χ0) is 11.7. The fourth-order valence-corrected chi connectivity index (χ4v) is 1.59. The quantitative estimate of drug-likeness (QED) is 0.730. The van der Waals surface area contributed by atoms with Crippen molar-refractivity contribution in [2.45, 2.75) is 0 Å². The van der Waals surface area contributed by atoms with Crippen molar-refractivity contribution in [1.29, 1.82) is 0 Å². The predicted molar refractivity (Wildman–Crippen MR) is 60.3 cm³/mol. The topological polar surface area (TPSA) is 72.0 Å². The number of nitrogens with zero attached hydrogens (tertiary/aromatic N) is 1. The number of aromatic nitrogens is 2. The van der Waals surface area contributed by atoms with Gasteiger partial charge in [-0.25, -0.2) is 4.79 Å². The average molecular weight is 228 g/mol. The third kappa shape index (κ3) is 1.78. The van der Waals surface area contributed by atoms with Crippen LogP contribution < -0.4 is 5.76 Å². The lowest BCUT2D eigenvalue weighted by molar-refractivity contribution is 0.388. The Morgan fingerprint density at radius 3 is 2.41 bits per heavy atom. The molecule has 17 heavy (non-hydrogen) atoms. The average Bonchev–Trinajstić information content (AvgIpc) is 3.00. The second-order valence-corrected chi connectivity index (χ2v) is 3.50. The largest absolute Gasteiger partial charge is 0.464 e. The minimum Gasteiger partial charge on any atom is -0.464 e. The first-order valence-corrected chi connectivity index (χ1v) is 5.03. The fraction of sp³-hybridized carbons (Fsp3) is 0. The number of benzene rings is 1. The Balaban J connectivity index is 1.98. The molecule has 0 aliphatic heterocycles. The van der Waals surface area contributed by atoms with Gasteiger partial charge >= 0.3 is 5.76 Å². The van der Waals surface area contributed by atoms with E-state index in [1.54, 1.807) is 6.26 Å². The minimum atomic E-state index is -0.560.